The lowest BCUT2D eigenvalue weighted by Gasteiger charge is -2.13. The van der Waals surface area contributed by atoms with Gasteiger partial charge in [-0.25, -0.2) is 0 Å². The van der Waals surface area contributed by atoms with Crippen molar-refractivity contribution in [2.75, 3.05) is 0 Å². The van der Waals surface area contributed by atoms with E-state index in [0.717, 1.165) is 12.8 Å². The summed E-state index contributed by atoms with van der Waals surface area (Å²) >= 11 is 0. The van der Waals surface area contributed by atoms with Crippen molar-refractivity contribution < 1.29 is 0 Å². The van der Waals surface area contributed by atoms with Crippen LogP contribution < -0.4 is 0 Å². The third kappa shape index (κ3) is 3.20. The van der Waals surface area contributed by atoms with Crippen LogP contribution in [-0.2, 0) is 6.42 Å². The monoisotopic (exact) mass is 224 g/mol. The predicted octanol–water partition coefficient (Wildman–Crippen LogP) is 4.76. The van der Waals surface area contributed by atoms with Gasteiger partial charge in [0, 0.05) is 0 Å². The number of aryl methyl sites for hydroxylation is 1. The van der Waals surface area contributed by atoms with Crippen LogP contribution in [0.5, 0.6) is 0 Å². The van der Waals surface area contributed by atoms with Gasteiger partial charge < -0.3 is 0 Å². The predicted molar refractivity (Wildman–Crippen MR) is 75.1 cm³/mol. The molecule has 0 heteroatoms. The zero-order valence-corrected chi connectivity index (χ0v) is 11.0. The van der Waals surface area contributed by atoms with E-state index in [1.54, 1.807) is 0 Å². The molecule has 88 valence electrons. The Labute approximate surface area is 104 Å². The molecule has 0 bridgehead atoms. The average molecular weight is 224 g/mol. The van der Waals surface area contributed by atoms with E-state index in [-0.39, 0.29) is 0 Å². The summed E-state index contributed by atoms with van der Waals surface area (Å²) in [4.78, 5) is 0. The Morgan fingerprint density at radius 3 is 2.41 bits per heavy atom. The van der Waals surface area contributed by atoms with Crippen LogP contribution in [0, 0.1) is 6.92 Å². The zero-order valence-electron chi connectivity index (χ0n) is 11.0. The molecule has 0 heterocycles. The van der Waals surface area contributed by atoms with E-state index in [0.29, 0.717) is 0 Å². The SMILES string of the molecule is CC1=CC=C(C)C(=CCc2ccc(C)cc2)C1. The third-order valence-corrected chi connectivity index (χ3v) is 3.30. The molecule has 0 atom stereocenters. The molecule has 0 unspecified atom stereocenters. The first kappa shape index (κ1) is 11.9. The maximum atomic E-state index is 2.37. The van der Waals surface area contributed by atoms with Crippen LogP contribution in [0.3, 0.4) is 0 Å². The largest absolute Gasteiger partial charge is 0.0763 e. The Hall–Kier alpha value is -1.56. The molecule has 17 heavy (non-hydrogen) atoms. The summed E-state index contributed by atoms with van der Waals surface area (Å²) in [6.45, 7) is 6.52. The van der Waals surface area contributed by atoms with Crippen molar-refractivity contribution in [1.82, 2.24) is 0 Å². The Kier molecular flexibility index (Phi) is 3.63. The fourth-order valence-corrected chi connectivity index (χ4v) is 2.07. The van der Waals surface area contributed by atoms with Gasteiger partial charge in [0.15, 0.2) is 0 Å². The fraction of sp³-hybridized carbons (Fsp3) is 0.294. The summed E-state index contributed by atoms with van der Waals surface area (Å²) in [5.41, 5.74) is 7.05. The lowest BCUT2D eigenvalue weighted by atomic mass is 9.93. The van der Waals surface area contributed by atoms with Crippen LogP contribution in [0.1, 0.15) is 31.4 Å². The quantitative estimate of drug-likeness (QED) is 0.679. The van der Waals surface area contributed by atoms with Crippen molar-refractivity contribution in [1.29, 1.82) is 0 Å². The summed E-state index contributed by atoms with van der Waals surface area (Å²) in [7, 11) is 0. The maximum Gasteiger partial charge on any atom is -0.00672 e. The highest BCUT2D eigenvalue weighted by Gasteiger charge is 2.05. The number of allylic oxidation sites excluding steroid dienone is 6. The maximum absolute atomic E-state index is 2.37. The lowest BCUT2D eigenvalue weighted by molar-refractivity contribution is 1.06. The van der Waals surface area contributed by atoms with E-state index in [4.69, 9.17) is 0 Å². The van der Waals surface area contributed by atoms with Gasteiger partial charge in [0.2, 0.25) is 0 Å². The van der Waals surface area contributed by atoms with Gasteiger partial charge in [-0.05, 0) is 50.3 Å². The molecule has 1 aromatic rings. The molecule has 2 rings (SSSR count). The van der Waals surface area contributed by atoms with Crippen molar-refractivity contribution >= 4 is 0 Å². The average Bonchev–Trinajstić information content (AvgIpc) is 2.32. The molecule has 0 N–H and O–H groups in total. The second kappa shape index (κ2) is 5.18. The van der Waals surface area contributed by atoms with Crippen molar-refractivity contribution in [3.63, 3.8) is 0 Å². The number of hydrogen-bond acceptors (Lipinski definition) is 0. The zero-order chi connectivity index (χ0) is 12.3. The molecule has 1 aliphatic rings. The highest BCUT2D eigenvalue weighted by atomic mass is 14.1. The Morgan fingerprint density at radius 2 is 1.71 bits per heavy atom. The molecule has 0 aromatic heterocycles. The van der Waals surface area contributed by atoms with Crippen LogP contribution in [-0.4, -0.2) is 0 Å². The van der Waals surface area contributed by atoms with Crippen molar-refractivity contribution in [2.24, 2.45) is 0 Å². The van der Waals surface area contributed by atoms with Crippen LogP contribution in [0.15, 0.2) is 59.2 Å². The van der Waals surface area contributed by atoms with Crippen LogP contribution >= 0.6 is 0 Å². The number of rotatable bonds is 2. The normalized spacial score (nSPS) is 17.9. The van der Waals surface area contributed by atoms with Crippen molar-refractivity contribution in [3.05, 3.63) is 70.3 Å². The van der Waals surface area contributed by atoms with E-state index in [1.165, 1.54) is 27.8 Å². The molecule has 1 aliphatic carbocycles. The van der Waals surface area contributed by atoms with E-state index in [2.05, 4.69) is 63.3 Å². The van der Waals surface area contributed by atoms with Crippen molar-refractivity contribution in [2.45, 2.75) is 33.6 Å². The standard InChI is InChI=1S/C17H20/c1-13-5-8-16(9-6-13)10-11-17-12-14(2)4-7-15(17)3/h4-9,11H,10,12H2,1-3H3. The minimum Gasteiger partial charge on any atom is -0.0763 e. The summed E-state index contributed by atoms with van der Waals surface area (Å²) in [5.74, 6) is 0. The summed E-state index contributed by atoms with van der Waals surface area (Å²) in [5, 5.41) is 0. The highest BCUT2D eigenvalue weighted by Crippen LogP contribution is 2.24. The van der Waals surface area contributed by atoms with Gasteiger partial charge >= 0.3 is 0 Å². The van der Waals surface area contributed by atoms with Gasteiger partial charge in [-0.3, -0.25) is 0 Å². The lowest BCUT2D eigenvalue weighted by Crippen LogP contribution is -1.94. The number of benzene rings is 1. The summed E-state index contributed by atoms with van der Waals surface area (Å²) < 4.78 is 0. The molecular formula is C17H20. The molecule has 0 spiro atoms. The molecule has 0 aliphatic heterocycles. The van der Waals surface area contributed by atoms with Gasteiger partial charge in [-0.1, -0.05) is 53.6 Å². The molecule has 0 radical (unpaired) electrons. The van der Waals surface area contributed by atoms with Gasteiger partial charge in [0.25, 0.3) is 0 Å². The smallest absolute Gasteiger partial charge is 0.00672 e. The number of hydrogen-bond donors (Lipinski definition) is 0. The first-order valence-electron chi connectivity index (χ1n) is 6.24. The van der Waals surface area contributed by atoms with E-state index in [9.17, 15) is 0 Å². The van der Waals surface area contributed by atoms with E-state index < -0.39 is 0 Å². The second-order valence-corrected chi connectivity index (χ2v) is 4.96. The Bertz CT molecular complexity index is 481. The van der Waals surface area contributed by atoms with E-state index >= 15 is 0 Å². The van der Waals surface area contributed by atoms with Crippen molar-refractivity contribution in [3.8, 4) is 0 Å². The minimum absolute atomic E-state index is 1.04. The third-order valence-electron chi connectivity index (χ3n) is 3.30. The van der Waals surface area contributed by atoms with Crippen LogP contribution in [0.4, 0.5) is 0 Å². The first-order valence-corrected chi connectivity index (χ1v) is 6.24. The van der Waals surface area contributed by atoms with Gasteiger partial charge in [-0.2, -0.15) is 0 Å². The Balaban J connectivity index is 2.09. The topological polar surface area (TPSA) is 0 Å². The molecule has 0 fully saturated rings. The van der Waals surface area contributed by atoms with Gasteiger partial charge in [0.1, 0.15) is 0 Å². The second-order valence-electron chi connectivity index (χ2n) is 4.96. The van der Waals surface area contributed by atoms with E-state index in [1.807, 2.05) is 0 Å². The molecule has 0 saturated heterocycles. The molecule has 0 saturated carbocycles. The molecule has 1 aromatic carbocycles. The summed E-state index contributed by atoms with van der Waals surface area (Å²) in [6, 6.07) is 8.80. The first-order chi connectivity index (χ1) is 8.15. The summed E-state index contributed by atoms with van der Waals surface area (Å²) in [6.07, 6.45) is 8.95. The Morgan fingerprint density at radius 1 is 1.00 bits per heavy atom. The fourth-order valence-electron chi connectivity index (χ4n) is 2.07. The molecule has 0 amide bonds. The van der Waals surface area contributed by atoms with Gasteiger partial charge in [-0.15, -0.1) is 0 Å². The molecular weight excluding hydrogens is 204 g/mol. The minimum atomic E-state index is 1.04. The molecule has 0 nitrogen and oxygen atoms in total. The highest BCUT2D eigenvalue weighted by molar-refractivity contribution is 5.41. The van der Waals surface area contributed by atoms with Crippen LogP contribution in [0.25, 0.3) is 0 Å². The van der Waals surface area contributed by atoms with Gasteiger partial charge in [0.05, 0.1) is 0 Å². The van der Waals surface area contributed by atoms with Crippen LogP contribution in [0.2, 0.25) is 0 Å².